The van der Waals surface area contributed by atoms with Gasteiger partial charge in [-0.2, -0.15) is 0 Å². The van der Waals surface area contributed by atoms with Gasteiger partial charge in [0.05, 0.1) is 27.8 Å². The fourth-order valence-electron chi connectivity index (χ4n) is 5.53. The first-order chi connectivity index (χ1) is 16.5. The zero-order valence-electron chi connectivity index (χ0n) is 21.0. The molecule has 4 rings (SSSR count). The third-order valence-corrected chi connectivity index (χ3v) is 7.55. The molecule has 1 saturated heterocycles. The van der Waals surface area contributed by atoms with Crippen LogP contribution in [0.1, 0.15) is 42.9 Å². The average molecular weight is 467 g/mol. The summed E-state index contributed by atoms with van der Waals surface area (Å²) < 4.78 is 16.3. The van der Waals surface area contributed by atoms with Gasteiger partial charge in [0.15, 0.2) is 11.5 Å². The van der Waals surface area contributed by atoms with Crippen LogP contribution in [0.25, 0.3) is 0 Å². The van der Waals surface area contributed by atoms with E-state index in [0.29, 0.717) is 18.2 Å². The van der Waals surface area contributed by atoms with Gasteiger partial charge in [-0.25, -0.2) is 0 Å². The average Bonchev–Trinajstić information content (AvgIpc) is 3.04. The first-order valence-corrected chi connectivity index (χ1v) is 12.4. The number of benzene rings is 2. The lowest BCUT2D eigenvalue weighted by molar-refractivity contribution is -0.134. The standard InChI is InChI=1S/C28H38N2O4/c1-20(25-7-5-6-14-29(25)15-12-21-8-10-24(32-2)11-9-21)30-16-13-22-17-26(33-3)27(34-4)18-23(22)19-28(30)31/h8-11,17-18,20,25H,5-7,12-16,19H2,1-4H3. The molecule has 0 aliphatic carbocycles. The molecule has 2 atom stereocenters. The summed E-state index contributed by atoms with van der Waals surface area (Å²) in [6.45, 7) is 5.09. The maximum absolute atomic E-state index is 13.4. The zero-order chi connectivity index (χ0) is 24.1. The third kappa shape index (κ3) is 5.33. The van der Waals surface area contributed by atoms with Gasteiger partial charge in [0.1, 0.15) is 5.75 Å². The van der Waals surface area contributed by atoms with Crippen LogP contribution in [0.15, 0.2) is 36.4 Å². The molecule has 0 bridgehead atoms. The number of carbonyl (C=O) groups excluding carboxylic acids is 1. The highest BCUT2D eigenvalue weighted by molar-refractivity contribution is 5.80. The van der Waals surface area contributed by atoms with Gasteiger partial charge in [-0.05, 0) is 80.1 Å². The van der Waals surface area contributed by atoms with Crippen LogP contribution in [0, 0.1) is 0 Å². The summed E-state index contributed by atoms with van der Waals surface area (Å²) in [7, 11) is 5.00. The van der Waals surface area contributed by atoms with Crippen molar-refractivity contribution in [3.63, 3.8) is 0 Å². The second-order valence-corrected chi connectivity index (χ2v) is 9.43. The Hall–Kier alpha value is -2.73. The summed E-state index contributed by atoms with van der Waals surface area (Å²) in [6, 6.07) is 13.0. The van der Waals surface area contributed by atoms with E-state index in [-0.39, 0.29) is 11.9 Å². The Kier molecular flexibility index (Phi) is 7.99. The smallest absolute Gasteiger partial charge is 0.227 e. The van der Waals surface area contributed by atoms with Gasteiger partial charge in [0, 0.05) is 25.2 Å². The summed E-state index contributed by atoms with van der Waals surface area (Å²) >= 11 is 0. The van der Waals surface area contributed by atoms with Crippen LogP contribution >= 0.6 is 0 Å². The van der Waals surface area contributed by atoms with Crippen molar-refractivity contribution in [2.24, 2.45) is 0 Å². The van der Waals surface area contributed by atoms with Crippen molar-refractivity contribution < 1.29 is 19.0 Å². The molecule has 1 amide bonds. The van der Waals surface area contributed by atoms with Gasteiger partial charge in [0.2, 0.25) is 5.91 Å². The van der Waals surface area contributed by atoms with Crippen molar-refractivity contribution >= 4 is 5.91 Å². The molecule has 2 unspecified atom stereocenters. The molecule has 2 aliphatic heterocycles. The first-order valence-electron chi connectivity index (χ1n) is 12.4. The highest BCUT2D eigenvalue weighted by Crippen LogP contribution is 2.33. The number of nitrogens with zero attached hydrogens (tertiary/aromatic N) is 2. The lowest BCUT2D eigenvalue weighted by atomic mass is 9.94. The predicted octanol–water partition coefficient (Wildman–Crippen LogP) is 4.13. The number of ether oxygens (including phenoxy) is 3. The van der Waals surface area contributed by atoms with E-state index in [9.17, 15) is 4.79 Å². The molecule has 6 heteroatoms. The van der Waals surface area contributed by atoms with Crippen LogP contribution in [-0.2, 0) is 24.1 Å². The van der Waals surface area contributed by atoms with Gasteiger partial charge in [-0.1, -0.05) is 18.6 Å². The van der Waals surface area contributed by atoms with Crippen LogP contribution in [0.2, 0.25) is 0 Å². The van der Waals surface area contributed by atoms with Crippen molar-refractivity contribution in [1.29, 1.82) is 0 Å². The molecule has 0 radical (unpaired) electrons. The van der Waals surface area contributed by atoms with Crippen molar-refractivity contribution in [3.8, 4) is 17.2 Å². The summed E-state index contributed by atoms with van der Waals surface area (Å²) in [5, 5.41) is 0. The summed E-state index contributed by atoms with van der Waals surface area (Å²) in [5.41, 5.74) is 3.56. The number of hydrogen-bond donors (Lipinski definition) is 0. The van der Waals surface area contributed by atoms with Gasteiger partial charge in [-0.3, -0.25) is 9.69 Å². The Morgan fingerprint density at radius 2 is 1.65 bits per heavy atom. The highest BCUT2D eigenvalue weighted by atomic mass is 16.5. The van der Waals surface area contributed by atoms with E-state index in [1.54, 1.807) is 21.3 Å². The van der Waals surface area contributed by atoms with E-state index in [0.717, 1.165) is 56.0 Å². The molecular formula is C28H38N2O4. The second-order valence-electron chi connectivity index (χ2n) is 9.43. The quantitative estimate of drug-likeness (QED) is 0.586. The van der Waals surface area contributed by atoms with Crippen LogP contribution in [0.5, 0.6) is 17.2 Å². The number of hydrogen-bond acceptors (Lipinski definition) is 5. The topological polar surface area (TPSA) is 51.2 Å². The maximum Gasteiger partial charge on any atom is 0.227 e. The van der Waals surface area contributed by atoms with Crippen molar-refractivity contribution in [3.05, 3.63) is 53.1 Å². The predicted molar refractivity (Wildman–Crippen MR) is 134 cm³/mol. The molecule has 2 aromatic rings. The Bertz CT molecular complexity index is 975. The van der Waals surface area contributed by atoms with E-state index >= 15 is 0 Å². The molecule has 2 heterocycles. The zero-order valence-corrected chi connectivity index (χ0v) is 21.0. The number of likely N-dealkylation sites (tertiary alicyclic amines) is 1. The van der Waals surface area contributed by atoms with Crippen LogP contribution < -0.4 is 14.2 Å². The lowest BCUT2D eigenvalue weighted by Crippen LogP contribution is -2.54. The number of rotatable bonds is 8. The Morgan fingerprint density at radius 1 is 0.941 bits per heavy atom. The number of carbonyl (C=O) groups is 1. The van der Waals surface area contributed by atoms with Crippen LogP contribution in [0.4, 0.5) is 0 Å². The minimum absolute atomic E-state index is 0.182. The molecular weight excluding hydrogens is 428 g/mol. The molecule has 34 heavy (non-hydrogen) atoms. The van der Waals surface area contributed by atoms with Crippen LogP contribution in [-0.4, -0.2) is 68.8 Å². The fourth-order valence-corrected chi connectivity index (χ4v) is 5.53. The normalized spacial score (nSPS) is 19.8. The van der Waals surface area contributed by atoms with Gasteiger partial charge >= 0.3 is 0 Å². The number of piperidine rings is 1. The molecule has 0 N–H and O–H groups in total. The van der Waals surface area contributed by atoms with Crippen LogP contribution in [0.3, 0.4) is 0 Å². The minimum Gasteiger partial charge on any atom is -0.497 e. The summed E-state index contributed by atoms with van der Waals surface area (Å²) in [4.78, 5) is 18.1. The molecule has 0 aromatic heterocycles. The lowest BCUT2D eigenvalue weighted by Gasteiger charge is -2.43. The minimum atomic E-state index is 0.182. The molecule has 1 fully saturated rings. The van der Waals surface area contributed by atoms with Crippen molar-refractivity contribution in [2.75, 3.05) is 41.0 Å². The number of fused-ring (bicyclic) bond motifs is 1. The summed E-state index contributed by atoms with van der Waals surface area (Å²) in [6.07, 6.45) is 5.85. The molecule has 0 saturated carbocycles. The monoisotopic (exact) mass is 466 g/mol. The van der Waals surface area contributed by atoms with E-state index < -0.39 is 0 Å². The van der Waals surface area contributed by atoms with E-state index in [1.807, 2.05) is 24.3 Å². The molecule has 6 nitrogen and oxygen atoms in total. The van der Waals surface area contributed by atoms with Gasteiger partial charge < -0.3 is 19.1 Å². The Balaban J connectivity index is 1.45. The molecule has 184 valence electrons. The van der Waals surface area contributed by atoms with E-state index in [2.05, 4.69) is 28.9 Å². The fraction of sp³-hybridized carbons (Fsp3) is 0.536. The van der Waals surface area contributed by atoms with Gasteiger partial charge in [0.25, 0.3) is 0 Å². The van der Waals surface area contributed by atoms with Crippen molar-refractivity contribution in [2.45, 2.75) is 57.5 Å². The SMILES string of the molecule is COc1ccc(CCN2CCCCC2C(C)N2CCc3cc(OC)c(OC)cc3CC2=O)cc1. The Labute approximate surface area is 203 Å². The van der Waals surface area contributed by atoms with E-state index in [1.165, 1.54) is 24.0 Å². The van der Waals surface area contributed by atoms with Crippen molar-refractivity contribution in [1.82, 2.24) is 9.80 Å². The molecule has 2 aromatic carbocycles. The Morgan fingerprint density at radius 3 is 2.32 bits per heavy atom. The number of amides is 1. The first kappa shape index (κ1) is 24.4. The third-order valence-electron chi connectivity index (χ3n) is 7.55. The second kappa shape index (κ2) is 11.1. The highest BCUT2D eigenvalue weighted by Gasteiger charge is 2.34. The maximum atomic E-state index is 13.4. The number of methoxy groups -OCH3 is 3. The largest absolute Gasteiger partial charge is 0.497 e. The van der Waals surface area contributed by atoms with E-state index in [4.69, 9.17) is 14.2 Å². The summed E-state index contributed by atoms with van der Waals surface area (Å²) in [5.74, 6) is 2.52. The van der Waals surface area contributed by atoms with Gasteiger partial charge in [-0.15, -0.1) is 0 Å². The molecule has 0 spiro atoms. The molecule has 2 aliphatic rings.